The van der Waals surface area contributed by atoms with Gasteiger partial charge in [-0.2, -0.15) is 0 Å². The van der Waals surface area contributed by atoms with E-state index in [0.717, 1.165) is 10.1 Å². The molecular weight excluding hydrogens is 232 g/mol. The molecule has 2 N–H and O–H groups in total. The first kappa shape index (κ1) is 12.2. The van der Waals surface area contributed by atoms with Crippen LogP contribution in [0.4, 0.5) is 0 Å². The van der Waals surface area contributed by atoms with Crippen LogP contribution in [0.25, 0.3) is 5.69 Å². The van der Waals surface area contributed by atoms with Crippen LogP contribution in [0, 0.1) is 6.92 Å². The molecule has 0 radical (unpaired) electrons. The van der Waals surface area contributed by atoms with E-state index in [-0.39, 0.29) is 11.4 Å². The maximum Gasteiger partial charge on any atom is 0.335 e. The lowest BCUT2D eigenvalue weighted by molar-refractivity contribution is 0.423. The maximum absolute atomic E-state index is 11.8. The van der Waals surface area contributed by atoms with Crippen molar-refractivity contribution in [2.24, 2.45) is 0 Å². The fourth-order valence-corrected chi connectivity index (χ4v) is 1.81. The summed E-state index contributed by atoms with van der Waals surface area (Å²) in [6.45, 7) is 3.67. The van der Waals surface area contributed by atoms with Crippen molar-refractivity contribution in [3.05, 3.63) is 56.2 Å². The monoisotopic (exact) mass is 246 g/mol. The predicted octanol–water partition coefficient (Wildman–Crippen LogP) is 1.10. The molecule has 0 saturated heterocycles. The molecular formula is C13H14N2O3. The number of aryl methyl sites for hydroxylation is 1. The maximum atomic E-state index is 11.8. The molecule has 0 atom stereocenters. The van der Waals surface area contributed by atoms with Crippen LogP contribution in [-0.2, 0) is 6.42 Å². The van der Waals surface area contributed by atoms with E-state index in [9.17, 15) is 14.7 Å². The van der Waals surface area contributed by atoms with E-state index in [1.54, 1.807) is 19.1 Å². The van der Waals surface area contributed by atoms with Crippen molar-refractivity contribution in [3.8, 4) is 11.6 Å². The van der Waals surface area contributed by atoms with Crippen LogP contribution in [0.3, 0.4) is 0 Å². The van der Waals surface area contributed by atoms with E-state index in [0.29, 0.717) is 12.1 Å². The number of hydrogen-bond donors (Lipinski definition) is 2. The van der Waals surface area contributed by atoms with Gasteiger partial charge in [-0.15, -0.1) is 0 Å². The summed E-state index contributed by atoms with van der Waals surface area (Å²) in [4.78, 5) is 25.5. The van der Waals surface area contributed by atoms with Gasteiger partial charge in [0.15, 0.2) is 0 Å². The Hall–Kier alpha value is -2.30. The number of rotatable bonds is 2. The minimum atomic E-state index is -0.640. The lowest BCUT2D eigenvalue weighted by Gasteiger charge is -2.10. The van der Waals surface area contributed by atoms with E-state index in [2.05, 4.69) is 4.98 Å². The molecule has 0 amide bonds. The number of nitrogens with zero attached hydrogens (tertiary/aromatic N) is 1. The zero-order valence-electron chi connectivity index (χ0n) is 10.2. The molecule has 0 saturated carbocycles. The smallest absolute Gasteiger partial charge is 0.335 e. The van der Waals surface area contributed by atoms with Crippen LogP contribution in [-0.4, -0.2) is 14.7 Å². The Kier molecular flexibility index (Phi) is 3.06. The molecule has 1 aromatic heterocycles. The van der Waals surface area contributed by atoms with Gasteiger partial charge in [0.25, 0.3) is 5.56 Å². The van der Waals surface area contributed by atoms with Crippen molar-refractivity contribution < 1.29 is 5.11 Å². The lowest BCUT2D eigenvalue weighted by atomic mass is 10.2. The van der Waals surface area contributed by atoms with Gasteiger partial charge in [0.05, 0.1) is 11.3 Å². The molecule has 94 valence electrons. The van der Waals surface area contributed by atoms with Crippen molar-refractivity contribution in [1.29, 1.82) is 0 Å². The van der Waals surface area contributed by atoms with Crippen LogP contribution in [0.5, 0.6) is 5.88 Å². The van der Waals surface area contributed by atoms with E-state index in [1.807, 2.05) is 19.1 Å². The van der Waals surface area contributed by atoms with Crippen LogP contribution < -0.4 is 11.2 Å². The summed E-state index contributed by atoms with van der Waals surface area (Å²) in [5, 5.41) is 10.0. The first-order chi connectivity index (χ1) is 8.54. The topological polar surface area (TPSA) is 75.1 Å². The molecule has 0 fully saturated rings. The highest BCUT2D eigenvalue weighted by Crippen LogP contribution is 2.16. The van der Waals surface area contributed by atoms with Crippen molar-refractivity contribution in [3.63, 3.8) is 0 Å². The molecule has 5 nitrogen and oxygen atoms in total. The van der Waals surface area contributed by atoms with Gasteiger partial charge in [-0.25, -0.2) is 9.36 Å². The van der Waals surface area contributed by atoms with Gasteiger partial charge >= 0.3 is 5.69 Å². The largest absolute Gasteiger partial charge is 0.494 e. The summed E-state index contributed by atoms with van der Waals surface area (Å²) in [7, 11) is 0. The summed E-state index contributed by atoms with van der Waals surface area (Å²) in [5.41, 5.74) is 0.595. The zero-order chi connectivity index (χ0) is 13.3. The Balaban J connectivity index is 2.75. The molecule has 0 aliphatic carbocycles. The number of aromatic hydroxyl groups is 1. The average Bonchev–Trinajstić information content (AvgIpc) is 2.31. The first-order valence-corrected chi connectivity index (χ1v) is 5.68. The Morgan fingerprint density at radius 2 is 1.83 bits per heavy atom. The quantitative estimate of drug-likeness (QED) is 0.833. The lowest BCUT2D eigenvalue weighted by Crippen LogP contribution is -2.31. The van der Waals surface area contributed by atoms with Crippen LogP contribution in [0.15, 0.2) is 33.9 Å². The second kappa shape index (κ2) is 4.52. The minimum absolute atomic E-state index is 0.204. The third-order valence-corrected chi connectivity index (χ3v) is 2.83. The van der Waals surface area contributed by atoms with Gasteiger partial charge in [0.2, 0.25) is 5.88 Å². The first-order valence-electron chi connectivity index (χ1n) is 5.68. The molecule has 2 rings (SSSR count). The molecule has 0 aliphatic heterocycles. The van der Waals surface area contributed by atoms with Crippen molar-refractivity contribution >= 4 is 0 Å². The number of hydrogen-bond acceptors (Lipinski definition) is 3. The van der Waals surface area contributed by atoms with Gasteiger partial charge < -0.3 is 5.11 Å². The fourth-order valence-electron chi connectivity index (χ4n) is 1.81. The van der Waals surface area contributed by atoms with Crippen LogP contribution >= 0.6 is 0 Å². The van der Waals surface area contributed by atoms with Crippen LogP contribution in [0.1, 0.15) is 18.1 Å². The van der Waals surface area contributed by atoms with Gasteiger partial charge in [0.1, 0.15) is 0 Å². The Bertz CT molecular complexity index is 681. The van der Waals surface area contributed by atoms with Gasteiger partial charge in [-0.05, 0) is 25.5 Å². The highest BCUT2D eigenvalue weighted by atomic mass is 16.3. The SMILES string of the molecule is CCc1c(O)n(-c2ccc(C)cc2)c(=O)[nH]c1=O. The van der Waals surface area contributed by atoms with Crippen molar-refractivity contribution in [1.82, 2.24) is 9.55 Å². The zero-order valence-corrected chi connectivity index (χ0v) is 10.2. The molecule has 0 unspecified atom stereocenters. The number of benzene rings is 1. The summed E-state index contributed by atoms with van der Waals surface area (Å²) in [5.74, 6) is -0.296. The molecule has 18 heavy (non-hydrogen) atoms. The highest BCUT2D eigenvalue weighted by molar-refractivity contribution is 5.39. The third kappa shape index (κ3) is 1.95. The molecule has 5 heteroatoms. The van der Waals surface area contributed by atoms with Gasteiger partial charge in [0, 0.05) is 0 Å². The van der Waals surface area contributed by atoms with E-state index >= 15 is 0 Å². The van der Waals surface area contributed by atoms with E-state index < -0.39 is 11.2 Å². The van der Waals surface area contributed by atoms with Crippen LogP contribution in [0.2, 0.25) is 0 Å². The summed E-state index contributed by atoms with van der Waals surface area (Å²) in [6.07, 6.45) is 0.354. The number of H-pyrrole nitrogens is 1. The fraction of sp³-hybridized carbons (Fsp3) is 0.231. The molecule has 1 heterocycles. The normalized spacial score (nSPS) is 10.6. The molecule has 0 spiro atoms. The Morgan fingerprint density at radius 1 is 1.22 bits per heavy atom. The van der Waals surface area contributed by atoms with Crippen molar-refractivity contribution in [2.75, 3.05) is 0 Å². The Labute approximate surface area is 103 Å². The predicted molar refractivity (Wildman–Crippen MR) is 68.4 cm³/mol. The van der Waals surface area contributed by atoms with Gasteiger partial charge in [-0.3, -0.25) is 9.78 Å². The van der Waals surface area contributed by atoms with Gasteiger partial charge in [-0.1, -0.05) is 24.6 Å². The summed E-state index contributed by atoms with van der Waals surface area (Å²) in [6, 6.07) is 7.10. The molecule has 2 aromatic rings. The minimum Gasteiger partial charge on any atom is -0.494 e. The average molecular weight is 246 g/mol. The summed E-state index contributed by atoms with van der Waals surface area (Å²) < 4.78 is 1.10. The van der Waals surface area contributed by atoms with E-state index in [4.69, 9.17) is 0 Å². The Morgan fingerprint density at radius 3 is 2.39 bits per heavy atom. The molecule has 0 bridgehead atoms. The highest BCUT2D eigenvalue weighted by Gasteiger charge is 2.13. The van der Waals surface area contributed by atoms with E-state index in [1.165, 1.54) is 0 Å². The second-order valence-corrected chi connectivity index (χ2v) is 4.09. The number of nitrogens with one attached hydrogen (secondary N) is 1. The second-order valence-electron chi connectivity index (χ2n) is 4.09. The molecule has 1 aromatic carbocycles. The number of aromatic amines is 1. The number of aromatic nitrogens is 2. The van der Waals surface area contributed by atoms with Crippen molar-refractivity contribution in [2.45, 2.75) is 20.3 Å². The standard InChI is InChI=1S/C13H14N2O3/c1-3-10-11(16)14-13(18)15(12(10)17)9-6-4-8(2)5-7-9/h4-7,17H,3H2,1-2H3,(H,14,16,18). The summed E-state index contributed by atoms with van der Waals surface area (Å²) >= 11 is 0. The third-order valence-electron chi connectivity index (χ3n) is 2.83. The molecule has 0 aliphatic rings.